The molecule has 0 saturated carbocycles. The fourth-order valence-electron chi connectivity index (χ4n) is 8.33. The van der Waals surface area contributed by atoms with Gasteiger partial charge < -0.3 is 4.90 Å². The van der Waals surface area contributed by atoms with Crippen LogP contribution in [0.1, 0.15) is 0 Å². The van der Waals surface area contributed by atoms with Gasteiger partial charge in [-0.15, -0.1) is 0 Å². The molecule has 0 spiro atoms. The lowest BCUT2D eigenvalue weighted by molar-refractivity contribution is 1.05. The number of rotatable bonds is 6. The van der Waals surface area contributed by atoms with Crippen LogP contribution in [-0.2, 0) is 0 Å². The van der Waals surface area contributed by atoms with Crippen LogP contribution in [0.3, 0.4) is 0 Å². The number of benzene rings is 9. The van der Waals surface area contributed by atoms with Crippen molar-refractivity contribution in [1.82, 2.24) is 19.5 Å². The zero-order chi connectivity index (χ0) is 37.0. The van der Waals surface area contributed by atoms with Crippen LogP contribution in [0.25, 0.3) is 82.6 Å². The summed E-state index contributed by atoms with van der Waals surface area (Å²) in [6, 6.07) is 66.1. The third-order valence-corrected chi connectivity index (χ3v) is 10.8. The highest BCUT2D eigenvalue weighted by Crippen LogP contribution is 2.41. The highest BCUT2D eigenvalue weighted by Gasteiger charge is 2.22. The smallest absolute Gasteiger partial charge is 0.160 e. The van der Waals surface area contributed by atoms with Crippen molar-refractivity contribution in [1.29, 1.82) is 0 Å². The topological polar surface area (TPSA) is 46.8 Å². The van der Waals surface area contributed by atoms with E-state index in [1.807, 2.05) is 24.5 Å². The van der Waals surface area contributed by atoms with E-state index in [9.17, 15) is 0 Å². The Kier molecular flexibility index (Phi) is 7.42. The molecule has 0 bridgehead atoms. The van der Waals surface area contributed by atoms with Crippen LogP contribution in [0.2, 0.25) is 0 Å². The minimum Gasteiger partial charge on any atom is -0.311 e. The molecule has 262 valence electrons. The average molecular weight is 716 g/mol. The molecular formula is C51H33N5. The zero-order valence-electron chi connectivity index (χ0n) is 30.3. The van der Waals surface area contributed by atoms with E-state index < -0.39 is 0 Å². The molecule has 0 atom stereocenters. The molecule has 2 heterocycles. The Balaban J connectivity index is 1.13. The fourth-order valence-corrected chi connectivity index (χ4v) is 8.33. The standard InChI is InChI=1S/C51H33N5/c1-3-17-37(18-4-1)55(38-19-5-2-6-20-38)39-29-27-34(28-30-39)51-54-48-45-25-13-11-23-43(45)44-24-12-14-26-46(44)49(48)56(51)40-32-52-50(53-33-40)47-41-21-9-7-15-35(41)31-36-16-8-10-22-42(36)47/h1-33H. The molecule has 0 fully saturated rings. The van der Waals surface area contributed by atoms with Crippen molar-refractivity contribution in [3.63, 3.8) is 0 Å². The largest absolute Gasteiger partial charge is 0.311 e. The lowest BCUT2D eigenvalue weighted by Crippen LogP contribution is -2.09. The number of hydrogen-bond donors (Lipinski definition) is 0. The van der Waals surface area contributed by atoms with Crippen LogP contribution in [0, 0.1) is 0 Å². The molecule has 11 rings (SSSR count). The lowest BCUT2D eigenvalue weighted by Gasteiger charge is -2.25. The predicted molar refractivity (Wildman–Crippen MR) is 232 cm³/mol. The summed E-state index contributed by atoms with van der Waals surface area (Å²) in [7, 11) is 0. The summed E-state index contributed by atoms with van der Waals surface area (Å²) in [5.41, 5.74) is 8.08. The Hall–Kier alpha value is -7.63. The third-order valence-electron chi connectivity index (χ3n) is 10.8. The molecule has 5 heteroatoms. The molecule has 2 aromatic heterocycles. The maximum absolute atomic E-state index is 5.48. The Labute approximate surface area is 323 Å². The molecule has 0 saturated heterocycles. The first kappa shape index (κ1) is 31.9. The van der Waals surface area contributed by atoms with Gasteiger partial charge in [0.25, 0.3) is 0 Å². The molecule has 0 aliphatic carbocycles. The number of fused-ring (bicyclic) bond motifs is 8. The zero-order valence-corrected chi connectivity index (χ0v) is 30.3. The third kappa shape index (κ3) is 5.13. The van der Waals surface area contributed by atoms with Crippen LogP contribution >= 0.6 is 0 Å². The second-order valence-corrected chi connectivity index (χ2v) is 14.1. The summed E-state index contributed by atoms with van der Waals surface area (Å²) >= 11 is 0. The highest BCUT2D eigenvalue weighted by molar-refractivity contribution is 6.24. The van der Waals surface area contributed by atoms with Gasteiger partial charge in [-0.3, -0.25) is 4.57 Å². The molecule has 0 unspecified atom stereocenters. The van der Waals surface area contributed by atoms with Crippen LogP contribution in [0.15, 0.2) is 200 Å². The van der Waals surface area contributed by atoms with Crippen molar-refractivity contribution in [3.8, 4) is 28.5 Å². The van der Waals surface area contributed by atoms with Gasteiger partial charge in [0, 0.05) is 39.0 Å². The number of anilines is 3. The van der Waals surface area contributed by atoms with E-state index in [1.165, 1.54) is 10.8 Å². The Morgan fingerprint density at radius 3 is 1.46 bits per heavy atom. The lowest BCUT2D eigenvalue weighted by atomic mass is 9.96. The van der Waals surface area contributed by atoms with Gasteiger partial charge in [0.1, 0.15) is 5.82 Å². The van der Waals surface area contributed by atoms with Crippen LogP contribution in [0.4, 0.5) is 17.1 Å². The van der Waals surface area contributed by atoms with Crippen molar-refractivity contribution in [2.24, 2.45) is 0 Å². The summed E-state index contributed by atoms with van der Waals surface area (Å²) in [4.78, 5) is 18.0. The van der Waals surface area contributed by atoms with Gasteiger partial charge >= 0.3 is 0 Å². The molecule has 9 aromatic carbocycles. The van der Waals surface area contributed by atoms with Crippen molar-refractivity contribution >= 4 is 71.2 Å². The van der Waals surface area contributed by atoms with Gasteiger partial charge in [-0.25, -0.2) is 15.0 Å². The van der Waals surface area contributed by atoms with Gasteiger partial charge in [0.2, 0.25) is 0 Å². The first-order valence-corrected chi connectivity index (χ1v) is 18.9. The number of imidazole rings is 1. The number of hydrogen-bond acceptors (Lipinski definition) is 4. The first-order valence-electron chi connectivity index (χ1n) is 18.9. The normalized spacial score (nSPS) is 11.6. The van der Waals surface area contributed by atoms with E-state index >= 15 is 0 Å². The summed E-state index contributed by atoms with van der Waals surface area (Å²) in [5, 5.41) is 9.18. The molecule has 0 amide bonds. The van der Waals surface area contributed by atoms with Gasteiger partial charge in [0.15, 0.2) is 5.82 Å². The van der Waals surface area contributed by atoms with E-state index in [4.69, 9.17) is 15.0 Å². The van der Waals surface area contributed by atoms with Crippen molar-refractivity contribution in [2.45, 2.75) is 0 Å². The monoisotopic (exact) mass is 715 g/mol. The summed E-state index contributed by atoms with van der Waals surface area (Å²) in [6.45, 7) is 0. The maximum atomic E-state index is 5.48. The SMILES string of the molecule is c1ccc(N(c2ccccc2)c2ccc(-c3nc4c5ccccc5c5ccccc5c4n3-c3cnc(-c4c5ccccc5cc5ccccc45)nc3)cc2)cc1. The Morgan fingerprint density at radius 1 is 0.411 bits per heavy atom. The number of aromatic nitrogens is 4. The van der Waals surface area contributed by atoms with Gasteiger partial charge in [-0.2, -0.15) is 0 Å². The van der Waals surface area contributed by atoms with E-state index in [-0.39, 0.29) is 0 Å². The van der Waals surface area contributed by atoms with Crippen LogP contribution in [0.5, 0.6) is 0 Å². The van der Waals surface area contributed by atoms with E-state index in [0.29, 0.717) is 5.82 Å². The summed E-state index contributed by atoms with van der Waals surface area (Å²) < 4.78 is 2.25. The van der Waals surface area contributed by atoms with Crippen LogP contribution < -0.4 is 4.90 Å². The Bertz CT molecular complexity index is 3130. The molecule has 0 aliphatic rings. The molecule has 56 heavy (non-hydrogen) atoms. The second kappa shape index (κ2) is 13.0. The van der Waals surface area contributed by atoms with Gasteiger partial charge in [-0.1, -0.05) is 133 Å². The molecular weight excluding hydrogens is 683 g/mol. The summed E-state index contributed by atoms with van der Waals surface area (Å²) in [5.74, 6) is 1.51. The molecule has 0 N–H and O–H groups in total. The van der Waals surface area contributed by atoms with E-state index in [1.54, 1.807) is 0 Å². The highest BCUT2D eigenvalue weighted by atomic mass is 15.1. The Morgan fingerprint density at radius 2 is 0.875 bits per heavy atom. The van der Waals surface area contributed by atoms with Crippen molar-refractivity contribution in [2.75, 3.05) is 4.90 Å². The molecule has 11 aromatic rings. The van der Waals surface area contributed by atoms with Crippen molar-refractivity contribution < 1.29 is 0 Å². The summed E-state index contributed by atoms with van der Waals surface area (Å²) in [6.07, 6.45) is 3.91. The second-order valence-electron chi connectivity index (χ2n) is 14.1. The van der Waals surface area contributed by atoms with Gasteiger partial charge in [0.05, 0.1) is 29.1 Å². The average Bonchev–Trinajstić information content (AvgIpc) is 3.68. The quantitative estimate of drug-likeness (QED) is 0.127. The van der Waals surface area contributed by atoms with Crippen molar-refractivity contribution in [3.05, 3.63) is 200 Å². The maximum Gasteiger partial charge on any atom is 0.160 e. The van der Waals surface area contributed by atoms with Gasteiger partial charge in [-0.05, 0) is 86.9 Å². The molecule has 0 aliphatic heterocycles. The van der Waals surface area contributed by atoms with Crippen LogP contribution in [-0.4, -0.2) is 19.5 Å². The minimum atomic E-state index is 0.689. The number of para-hydroxylation sites is 2. The molecule has 5 nitrogen and oxygen atoms in total. The predicted octanol–water partition coefficient (Wildman–Crippen LogP) is 13.2. The molecule has 0 radical (unpaired) electrons. The fraction of sp³-hybridized carbons (Fsp3) is 0. The number of nitrogens with zero attached hydrogens (tertiary/aromatic N) is 5. The van der Waals surface area contributed by atoms with E-state index in [0.717, 1.165) is 83.1 Å². The minimum absolute atomic E-state index is 0.689. The first-order chi connectivity index (χ1) is 27.8. The van der Waals surface area contributed by atoms with E-state index in [2.05, 4.69) is 185 Å².